The summed E-state index contributed by atoms with van der Waals surface area (Å²) in [6.07, 6.45) is -0.584. The van der Waals surface area contributed by atoms with E-state index in [1.165, 1.54) is 5.01 Å². The van der Waals surface area contributed by atoms with Gasteiger partial charge in [0, 0.05) is 0 Å². The summed E-state index contributed by atoms with van der Waals surface area (Å²) in [6, 6.07) is 6.97. The summed E-state index contributed by atoms with van der Waals surface area (Å²) in [6.45, 7) is 5.31. The predicted octanol–water partition coefficient (Wildman–Crippen LogP) is 0.783. The maximum absolute atomic E-state index is 12.1. The first-order valence-electron chi connectivity index (χ1n) is 6.65. The molecule has 1 atom stereocenters. The van der Waals surface area contributed by atoms with Crippen LogP contribution in [0.3, 0.4) is 0 Å². The molecule has 1 aromatic carbocycles. The molecule has 2 rings (SSSR count). The lowest BCUT2D eigenvalue weighted by Gasteiger charge is -2.25. The third-order valence-corrected chi connectivity index (χ3v) is 3.42. The van der Waals surface area contributed by atoms with Crippen molar-refractivity contribution in [3.63, 3.8) is 0 Å². The zero-order valence-electron chi connectivity index (χ0n) is 11.9. The normalized spacial score (nSPS) is 19.0. The van der Waals surface area contributed by atoms with Crippen LogP contribution in [0.1, 0.15) is 13.8 Å². The molecule has 1 N–H and O–H groups in total. The molecule has 0 aromatic heterocycles. The second-order valence-corrected chi connectivity index (χ2v) is 4.46. The Balaban J connectivity index is 2.21. The molecule has 1 unspecified atom stereocenters. The van der Waals surface area contributed by atoms with Crippen LogP contribution >= 0.6 is 0 Å². The zero-order chi connectivity index (χ0) is 14.7. The highest BCUT2D eigenvalue weighted by Crippen LogP contribution is 2.21. The quantitative estimate of drug-likeness (QED) is 0.806. The number of carbonyl (C=O) groups excluding carboxylic acids is 2. The van der Waals surface area contributed by atoms with Crippen molar-refractivity contribution in [2.75, 3.05) is 25.2 Å². The van der Waals surface area contributed by atoms with Gasteiger partial charge in [-0.3, -0.25) is 14.5 Å². The molecule has 1 aromatic rings. The van der Waals surface area contributed by atoms with Crippen LogP contribution in [0.4, 0.5) is 5.69 Å². The van der Waals surface area contributed by atoms with Crippen molar-refractivity contribution in [3.8, 4) is 5.75 Å². The van der Waals surface area contributed by atoms with E-state index in [0.717, 1.165) is 0 Å². The van der Waals surface area contributed by atoms with Gasteiger partial charge in [-0.25, -0.2) is 10.4 Å². The van der Waals surface area contributed by atoms with Gasteiger partial charge in [-0.1, -0.05) is 13.8 Å². The lowest BCUT2D eigenvalue weighted by atomic mass is 10.2. The molecule has 0 spiro atoms. The van der Waals surface area contributed by atoms with E-state index in [4.69, 9.17) is 4.74 Å². The van der Waals surface area contributed by atoms with Gasteiger partial charge < -0.3 is 4.74 Å². The molecule has 0 aliphatic carbocycles. The Morgan fingerprint density at radius 2 is 1.80 bits per heavy atom. The van der Waals surface area contributed by atoms with Gasteiger partial charge in [-0.05, 0) is 37.4 Å². The Morgan fingerprint density at radius 3 is 2.30 bits per heavy atom. The van der Waals surface area contributed by atoms with Crippen molar-refractivity contribution < 1.29 is 14.3 Å². The van der Waals surface area contributed by atoms with Crippen LogP contribution in [0.15, 0.2) is 24.3 Å². The van der Waals surface area contributed by atoms with Crippen molar-refractivity contribution in [1.29, 1.82) is 0 Å². The van der Waals surface area contributed by atoms with Gasteiger partial charge in [0.05, 0.1) is 12.8 Å². The molecule has 0 radical (unpaired) electrons. The summed E-state index contributed by atoms with van der Waals surface area (Å²) in [7, 11) is 1.58. The number of methoxy groups -OCH3 is 1. The first kappa shape index (κ1) is 14.5. The number of hydrazine groups is 1. The first-order valence-corrected chi connectivity index (χ1v) is 6.65. The fraction of sp³-hybridized carbons (Fsp3) is 0.429. The number of Topliss-reactive ketones (excluding diaryl/α,β-unsaturated/α-hetero) is 1. The average molecular weight is 277 g/mol. The molecule has 1 aliphatic rings. The lowest BCUT2D eigenvalue weighted by molar-refractivity contribution is -0.136. The van der Waals surface area contributed by atoms with Crippen LogP contribution in [0, 0.1) is 0 Å². The lowest BCUT2D eigenvalue weighted by Crippen LogP contribution is -2.48. The number of nitrogens with zero attached hydrogens (tertiary/aromatic N) is 2. The van der Waals surface area contributed by atoms with Crippen LogP contribution in [0.2, 0.25) is 0 Å². The fourth-order valence-corrected chi connectivity index (χ4v) is 2.23. The molecule has 1 fully saturated rings. The summed E-state index contributed by atoms with van der Waals surface area (Å²) >= 11 is 0. The van der Waals surface area contributed by atoms with Gasteiger partial charge in [0.2, 0.25) is 0 Å². The SMILES string of the molecule is CCN(CC)C1NN(c2ccc(OC)cc2)C(=O)C1=O. The molecule has 1 heterocycles. The van der Waals surface area contributed by atoms with Crippen molar-refractivity contribution in [2.45, 2.75) is 20.0 Å². The topological polar surface area (TPSA) is 61.9 Å². The third kappa shape index (κ3) is 2.52. The minimum Gasteiger partial charge on any atom is -0.497 e. The molecule has 0 bridgehead atoms. The summed E-state index contributed by atoms with van der Waals surface area (Å²) in [4.78, 5) is 26.0. The summed E-state index contributed by atoms with van der Waals surface area (Å²) in [5.41, 5.74) is 3.59. The standard InChI is InChI=1S/C14H19N3O3/c1-4-16(5-2)13-12(18)14(19)17(15-13)10-6-8-11(20-3)9-7-10/h6-9,13,15H,4-5H2,1-3H3. The number of hydrogen-bond acceptors (Lipinski definition) is 5. The average Bonchev–Trinajstić information content (AvgIpc) is 2.78. The van der Waals surface area contributed by atoms with Crippen LogP contribution in [0.25, 0.3) is 0 Å². The van der Waals surface area contributed by atoms with Crippen LogP contribution in [-0.2, 0) is 9.59 Å². The molecular formula is C14H19N3O3. The van der Waals surface area contributed by atoms with E-state index in [0.29, 0.717) is 24.5 Å². The Morgan fingerprint density at radius 1 is 1.20 bits per heavy atom. The number of rotatable bonds is 5. The minimum absolute atomic E-state index is 0.426. The molecule has 6 nitrogen and oxygen atoms in total. The van der Waals surface area contributed by atoms with Gasteiger partial charge in [0.1, 0.15) is 11.9 Å². The largest absolute Gasteiger partial charge is 0.497 e. The number of nitrogens with one attached hydrogen (secondary N) is 1. The molecule has 1 aliphatic heterocycles. The van der Waals surface area contributed by atoms with Crippen LogP contribution in [0.5, 0.6) is 5.75 Å². The molecule has 108 valence electrons. The summed E-state index contributed by atoms with van der Waals surface area (Å²) < 4.78 is 5.07. The molecule has 1 amide bonds. The zero-order valence-corrected chi connectivity index (χ0v) is 11.9. The Hall–Kier alpha value is -1.92. The molecular weight excluding hydrogens is 258 g/mol. The molecule has 6 heteroatoms. The van der Waals surface area contributed by atoms with Gasteiger partial charge >= 0.3 is 5.91 Å². The van der Waals surface area contributed by atoms with E-state index in [1.54, 1.807) is 31.4 Å². The highest BCUT2D eigenvalue weighted by atomic mass is 16.5. The van der Waals surface area contributed by atoms with Crippen molar-refractivity contribution >= 4 is 17.4 Å². The highest BCUT2D eigenvalue weighted by Gasteiger charge is 2.41. The minimum atomic E-state index is -0.584. The molecule has 0 saturated carbocycles. The van der Waals surface area contributed by atoms with Crippen LogP contribution < -0.4 is 15.2 Å². The highest BCUT2D eigenvalue weighted by molar-refractivity contribution is 6.44. The second kappa shape index (κ2) is 6.02. The summed E-state index contributed by atoms with van der Waals surface area (Å²) in [5, 5.41) is 1.30. The van der Waals surface area contributed by atoms with E-state index in [1.807, 2.05) is 18.7 Å². The third-order valence-electron chi connectivity index (χ3n) is 3.42. The Kier molecular flexibility index (Phi) is 4.36. The summed E-state index contributed by atoms with van der Waals surface area (Å²) in [5.74, 6) is -0.261. The van der Waals surface area contributed by atoms with E-state index in [9.17, 15) is 9.59 Å². The van der Waals surface area contributed by atoms with E-state index < -0.39 is 17.9 Å². The maximum Gasteiger partial charge on any atom is 0.312 e. The number of anilines is 1. The number of benzene rings is 1. The number of amides is 1. The van der Waals surface area contributed by atoms with Gasteiger partial charge in [0.15, 0.2) is 0 Å². The van der Waals surface area contributed by atoms with Crippen molar-refractivity contribution in [2.24, 2.45) is 0 Å². The maximum atomic E-state index is 12.1. The van der Waals surface area contributed by atoms with Crippen molar-refractivity contribution in [1.82, 2.24) is 10.3 Å². The number of likely N-dealkylation sites (N-methyl/N-ethyl adjacent to an activating group) is 1. The molecule has 1 saturated heterocycles. The number of hydrogen-bond donors (Lipinski definition) is 1. The second-order valence-electron chi connectivity index (χ2n) is 4.46. The van der Waals surface area contributed by atoms with Gasteiger partial charge in [-0.2, -0.15) is 0 Å². The number of ether oxygens (including phenoxy) is 1. The van der Waals surface area contributed by atoms with Crippen LogP contribution in [-0.4, -0.2) is 43.0 Å². The Labute approximate surface area is 118 Å². The van der Waals surface area contributed by atoms with Gasteiger partial charge in [0.25, 0.3) is 5.78 Å². The van der Waals surface area contributed by atoms with Crippen molar-refractivity contribution in [3.05, 3.63) is 24.3 Å². The Bertz CT molecular complexity index is 497. The number of carbonyl (C=O) groups is 2. The van der Waals surface area contributed by atoms with E-state index in [2.05, 4.69) is 5.43 Å². The predicted molar refractivity (Wildman–Crippen MR) is 75.3 cm³/mol. The van der Waals surface area contributed by atoms with E-state index >= 15 is 0 Å². The van der Waals surface area contributed by atoms with Gasteiger partial charge in [-0.15, -0.1) is 0 Å². The number of ketones is 1. The fourth-order valence-electron chi connectivity index (χ4n) is 2.23. The monoisotopic (exact) mass is 277 g/mol. The van der Waals surface area contributed by atoms with E-state index in [-0.39, 0.29) is 0 Å². The first-order chi connectivity index (χ1) is 9.62. The smallest absolute Gasteiger partial charge is 0.312 e. The molecule has 20 heavy (non-hydrogen) atoms.